The van der Waals surface area contributed by atoms with Crippen LogP contribution in [0.4, 0.5) is 5.82 Å². The van der Waals surface area contributed by atoms with Gasteiger partial charge in [0.1, 0.15) is 11.9 Å². The summed E-state index contributed by atoms with van der Waals surface area (Å²) in [6, 6.07) is 6.03. The molecule has 1 unspecified atom stereocenters. The van der Waals surface area contributed by atoms with E-state index in [1.807, 2.05) is 31.6 Å². The van der Waals surface area contributed by atoms with Gasteiger partial charge < -0.3 is 9.88 Å². The van der Waals surface area contributed by atoms with Crippen LogP contribution in [0.25, 0.3) is 5.70 Å². The Balaban J connectivity index is 1.88. The van der Waals surface area contributed by atoms with E-state index in [1.54, 1.807) is 6.20 Å². The smallest absolute Gasteiger partial charge is 0.126 e. The molecule has 0 saturated carbocycles. The highest BCUT2D eigenvalue weighted by molar-refractivity contribution is 5.52. The summed E-state index contributed by atoms with van der Waals surface area (Å²) in [7, 11) is 0. The molecule has 3 rings (SSSR count). The first kappa shape index (κ1) is 15.3. The Kier molecular flexibility index (Phi) is 3.91. The van der Waals surface area contributed by atoms with Crippen molar-refractivity contribution in [1.29, 1.82) is 5.26 Å². The first-order chi connectivity index (χ1) is 11.0. The van der Waals surface area contributed by atoms with Crippen LogP contribution in [0.1, 0.15) is 37.9 Å². The summed E-state index contributed by atoms with van der Waals surface area (Å²) in [6.07, 6.45) is 10.00. The summed E-state index contributed by atoms with van der Waals surface area (Å²) < 4.78 is 2.07. The molecule has 2 aromatic heterocycles. The summed E-state index contributed by atoms with van der Waals surface area (Å²) in [6.45, 7) is 6.40. The molecule has 23 heavy (non-hydrogen) atoms. The van der Waals surface area contributed by atoms with E-state index in [2.05, 4.69) is 45.8 Å². The number of nitrogens with zero attached hydrogens (tertiary/aromatic N) is 4. The Bertz CT molecular complexity index is 765. The van der Waals surface area contributed by atoms with Crippen LogP contribution in [0.2, 0.25) is 0 Å². The molecular weight excluding hydrogens is 286 g/mol. The highest BCUT2D eigenvalue weighted by atomic mass is 15.1. The van der Waals surface area contributed by atoms with Crippen LogP contribution >= 0.6 is 0 Å². The molecule has 0 saturated heterocycles. The van der Waals surface area contributed by atoms with Gasteiger partial charge in [-0.25, -0.2) is 9.97 Å². The summed E-state index contributed by atoms with van der Waals surface area (Å²) in [5.41, 5.74) is 2.76. The van der Waals surface area contributed by atoms with Gasteiger partial charge in [-0.1, -0.05) is 13.8 Å². The minimum absolute atomic E-state index is 0.133. The van der Waals surface area contributed by atoms with Crippen molar-refractivity contribution in [3.63, 3.8) is 0 Å². The first-order valence-electron chi connectivity index (χ1n) is 7.83. The molecule has 5 heteroatoms. The zero-order chi connectivity index (χ0) is 16.4. The second-order valence-electron chi connectivity index (χ2n) is 6.68. The lowest BCUT2D eigenvalue weighted by Gasteiger charge is -2.38. The number of aromatic nitrogens is 3. The van der Waals surface area contributed by atoms with E-state index >= 15 is 0 Å². The van der Waals surface area contributed by atoms with E-state index in [0.717, 1.165) is 24.4 Å². The predicted molar refractivity (Wildman–Crippen MR) is 90.6 cm³/mol. The number of allylic oxidation sites excluding steroid dienone is 1. The van der Waals surface area contributed by atoms with E-state index in [4.69, 9.17) is 5.26 Å². The largest absolute Gasteiger partial charge is 0.363 e. The average Bonchev–Trinajstić information content (AvgIpc) is 3.04. The molecule has 0 fully saturated rings. The zero-order valence-corrected chi connectivity index (χ0v) is 13.7. The molecule has 0 amide bonds. The number of pyridine rings is 1. The molecule has 5 nitrogen and oxygen atoms in total. The van der Waals surface area contributed by atoms with E-state index < -0.39 is 0 Å². The number of hydrogen-bond acceptors (Lipinski definition) is 4. The Morgan fingerprint density at radius 2 is 2.22 bits per heavy atom. The highest BCUT2D eigenvalue weighted by Crippen LogP contribution is 2.37. The second-order valence-corrected chi connectivity index (χ2v) is 6.68. The molecule has 0 aromatic carbocycles. The third-order valence-corrected chi connectivity index (χ3v) is 4.57. The number of hydrogen-bond donors (Lipinski definition) is 1. The van der Waals surface area contributed by atoms with Crippen molar-refractivity contribution in [3.8, 4) is 6.07 Å². The number of anilines is 1. The van der Waals surface area contributed by atoms with Gasteiger partial charge in [0, 0.05) is 18.1 Å². The van der Waals surface area contributed by atoms with Crippen molar-refractivity contribution in [2.24, 2.45) is 5.41 Å². The number of rotatable bonds is 3. The van der Waals surface area contributed by atoms with Crippen LogP contribution < -0.4 is 5.32 Å². The second kappa shape index (κ2) is 5.88. The summed E-state index contributed by atoms with van der Waals surface area (Å²) >= 11 is 0. The Morgan fingerprint density at radius 1 is 1.39 bits per heavy atom. The fourth-order valence-electron chi connectivity index (χ4n) is 2.91. The van der Waals surface area contributed by atoms with Gasteiger partial charge in [-0.3, -0.25) is 0 Å². The third-order valence-electron chi connectivity index (χ3n) is 4.57. The fraction of sp³-hybridized carbons (Fsp3) is 0.389. The molecule has 0 spiro atoms. The van der Waals surface area contributed by atoms with Crippen LogP contribution in [0.15, 0.2) is 36.9 Å². The van der Waals surface area contributed by atoms with Gasteiger partial charge in [0.15, 0.2) is 0 Å². The van der Waals surface area contributed by atoms with Crippen molar-refractivity contribution in [1.82, 2.24) is 14.5 Å². The normalized spacial score (nSPS) is 19.7. The third kappa shape index (κ3) is 3.11. The molecule has 1 aliphatic carbocycles. The molecule has 1 N–H and O–H groups in total. The average molecular weight is 307 g/mol. The highest BCUT2D eigenvalue weighted by Gasteiger charge is 2.32. The minimum atomic E-state index is 0.133. The van der Waals surface area contributed by atoms with Crippen LogP contribution in [0.5, 0.6) is 0 Å². The fourth-order valence-corrected chi connectivity index (χ4v) is 2.91. The molecular formula is C18H21N5. The van der Waals surface area contributed by atoms with Crippen molar-refractivity contribution < 1.29 is 0 Å². The van der Waals surface area contributed by atoms with Gasteiger partial charge in [-0.05, 0) is 43.4 Å². The summed E-state index contributed by atoms with van der Waals surface area (Å²) in [4.78, 5) is 8.64. The molecule has 2 heterocycles. The number of nitriles is 1. The first-order valence-corrected chi connectivity index (χ1v) is 7.83. The molecule has 118 valence electrons. The molecule has 0 aliphatic heterocycles. The van der Waals surface area contributed by atoms with E-state index in [-0.39, 0.29) is 11.5 Å². The lowest BCUT2D eigenvalue weighted by atomic mass is 9.75. The summed E-state index contributed by atoms with van der Waals surface area (Å²) in [5.74, 6) is 0.808. The van der Waals surface area contributed by atoms with Crippen molar-refractivity contribution in [2.45, 2.75) is 39.7 Å². The number of aryl methyl sites for hydroxylation is 1. The van der Waals surface area contributed by atoms with Gasteiger partial charge in [0.2, 0.25) is 0 Å². The Morgan fingerprint density at radius 3 is 2.87 bits per heavy atom. The van der Waals surface area contributed by atoms with Crippen LogP contribution in [0, 0.1) is 23.7 Å². The SMILES string of the molecule is Cc1nc(NC2C=C(n3ccnc3)CCC2(C)C)ccc1C#N. The molecule has 1 aliphatic rings. The molecule has 0 bridgehead atoms. The van der Waals surface area contributed by atoms with Crippen molar-refractivity contribution in [2.75, 3.05) is 5.32 Å². The van der Waals surface area contributed by atoms with E-state index in [9.17, 15) is 0 Å². The monoisotopic (exact) mass is 307 g/mol. The van der Waals surface area contributed by atoms with Crippen LogP contribution in [-0.4, -0.2) is 20.6 Å². The number of nitrogens with one attached hydrogen (secondary N) is 1. The predicted octanol–water partition coefficient (Wildman–Crippen LogP) is 3.60. The van der Waals surface area contributed by atoms with Crippen LogP contribution in [-0.2, 0) is 0 Å². The maximum absolute atomic E-state index is 9.03. The van der Waals surface area contributed by atoms with Crippen molar-refractivity contribution >= 4 is 11.5 Å². The Hall–Kier alpha value is -2.61. The van der Waals surface area contributed by atoms with Gasteiger partial charge >= 0.3 is 0 Å². The Labute approximate surface area is 136 Å². The lowest BCUT2D eigenvalue weighted by Crippen LogP contribution is -2.38. The molecule has 0 radical (unpaired) electrons. The summed E-state index contributed by atoms with van der Waals surface area (Å²) in [5, 5.41) is 12.6. The van der Waals surface area contributed by atoms with Crippen LogP contribution in [0.3, 0.4) is 0 Å². The van der Waals surface area contributed by atoms with Gasteiger partial charge in [-0.2, -0.15) is 5.26 Å². The van der Waals surface area contributed by atoms with Gasteiger partial charge in [0.25, 0.3) is 0 Å². The molecule has 1 atom stereocenters. The minimum Gasteiger partial charge on any atom is -0.363 e. The maximum atomic E-state index is 9.03. The zero-order valence-electron chi connectivity index (χ0n) is 13.7. The lowest BCUT2D eigenvalue weighted by molar-refractivity contribution is 0.304. The van der Waals surface area contributed by atoms with E-state index in [0.29, 0.717) is 5.56 Å². The molecule has 2 aromatic rings. The standard InChI is InChI=1S/C18H21N5/c1-13-14(11-19)4-5-17(21-13)22-16-10-15(6-7-18(16,2)3)23-9-8-20-12-23/h4-5,8-10,12,16H,6-7H2,1-3H3,(H,21,22). The number of imidazole rings is 1. The van der Waals surface area contributed by atoms with Gasteiger partial charge in [0.05, 0.1) is 23.6 Å². The van der Waals surface area contributed by atoms with E-state index in [1.165, 1.54) is 5.70 Å². The van der Waals surface area contributed by atoms with Crippen molar-refractivity contribution in [3.05, 3.63) is 48.2 Å². The topological polar surface area (TPSA) is 66.5 Å². The maximum Gasteiger partial charge on any atom is 0.126 e. The quantitative estimate of drug-likeness (QED) is 0.941. The van der Waals surface area contributed by atoms with Gasteiger partial charge in [-0.15, -0.1) is 0 Å².